The molecule has 0 saturated heterocycles. The topological polar surface area (TPSA) is 45.0 Å². The predicted octanol–water partition coefficient (Wildman–Crippen LogP) is 3.58. The molecule has 1 aromatic carbocycles. The van der Waals surface area contributed by atoms with Gasteiger partial charge < -0.3 is 10.1 Å². The maximum atomic E-state index is 12.2. The number of hydrogen-bond acceptors (Lipinski definition) is 3. The van der Waals surface area contributed by atoms with Crippen molar-refractivity contribution < 1.29 is 17.9 Å². The number of nitrogens with zero attached hydrogens (tertiary/aromatic N) is 1. The Hall–Kier alpha value is -1.74. The van der Waals surface area contributed by atoms with Gasteiger partial charge in [-0.3, -0.25) is 0 Å². The molecule has 20 heavy (non-hydrogen) atoms. The van der Waals surface area contributed by atoms with E-state index >= 15 is 0 Å². The second-order valence-electron chi connectivity index (χ2n) is 4.62. The summed E-state index contributed by atoms with van der Waals surface area (Å²) >= 11 is 0. The van der Waals surface area contributed by atoms with Gasteiger partial charge in [0.2, 0.25) is 0 Å². The quantitative estimate of drug-likeness (QED) is 0.869. The van der Waals surface area contributed by atoms with Gasteiger partial charge in [0, 0.05) is 12.1 Å². The van der Waals surface area contributed by atoms with Crippen molar-refractivity contribution >= 4 is 0 Å². The zero-order chi connectivity index (χ0) is 15.2. The van der Waals surface area contributed by atoms with Gasteiger partial charge in [0.05, 0.1) is 6.42 Å². The monoisotopic (exact) mass is 286 g/mol. The van der Waals surface area contributed by atoms with Gasteiger partial charge in [0.15, 0.2) is 6.61 Å². The van der Waals surface area contributed by atoms with Gasteiger partial charge in [-0.2, -0.15) is 18.4 Å². The molecule has 2 atom stereocenters. The Kier molecular flexibility index (Phi) is 5.83. The molecule has 0 aliphatic carbocycles. The Morgan fingerprint density at radius 1 is 1.25 bits per heavy atom. The van der Waals surface area contributed by atoms with Gasteiger partial charge in [-0.05, 0) is 31.5 Å². The van der Waals surface area contributed by atoms with Gasteiger partial charge >= 0.3 is 6.18 Å². The van der Waals surface area contributed by atoms with Crippen LogP contribution in [0.3, 0.4) is 0 Å². The molecule has 0 radical (unpaired) electrons. The van der Waals surface area contributed by atoms with Crippen molar-refractivity contribution in [3.05, 3.63) is 29.8 Å². The Bertz CT molecular complexity index is 451. The summed E-state index contributed by atoms with van der Waals surface area (Å²) in [6.45, 7) is 3.28. The summed E-state index contributed by atoms with van der Waals surface area (Å²) in [6, 6.07) is 7.93. The SMILES string of the molecule is CC(CC(F)(F)F)NC(C)c1ccc(OCC#N)cc1. The number of ether oxygens (including phenoxy) is 1. The highest BCUT2D eigenvalue weighted by Gasteiger charge is 2.30. The van der Waals surface area contributed by atoms with Crippen LogP contribution in [0.25, 0.3) is 0 Å². The minimum Gasteiger partial charge on any atom is -0.479 e. The number of alkyl halides is 3. The van der Waals surface area contributed by atoms with Crippen molar-refractivity contribution in [3.8, 4) is 11.8 Å². The molecule has 0 bridgehead atoms. The molecule has 0 heterocycles. The number of nitrogens with one attached hydrogen (secondary N) is 1. The Morgan fingerprint density at radius 2 is 1.85 bits per heavy atom. The minimum absolute atomic E-state index is 0.0320. The normalized spacial score (nSPS) is 14.4. The van der Waals surface area contributed by atoms with Crippen LogP contribution in [0.1, 0.15) is 31.9 Å². The van der Waals surface area contributed by atoms with Crippen LogP contribution in [0.4, 0.5) is 13.2 Å². The molecule has 6 heteroatoms. The lowest BCUT2D eigenvalue weighted by atomic mass is 10.1. The van der Waals surface area contributed by atoms with Crippen molar-refractivity contribution in [3.63, 3.8) is 0 Å². The molecule has 0 saturated carbocycles. The van der Waals surface area contributed by atoms with Crippen LogP contribution in [0.5, 0.6) is 5.75 Å². The fraction of sp³-hybridized carbons (Fsp3) is 0.500. The van der Waals surface area contributed by atoms with Crippen molar-refractivity contribution in [1.29, 1.82) is 5.26 Å². The van der Waals surface area contributed by atoms with Gasteiger partial charge in [-0.15, -0.1) is 0 Å². The van der Waals surface area contributed by atoms with Crippen molar-refractivity contribution in [1.82, 2.24) is 5.32 Å². The third kappa shape index (κ3) is 5.93. The van der Waals surface area contributed by atoms with Crippen LogP contribution in [-0.4, -0.2) is 18.8 Å². The van der Waals surface area contributed by atoms with Crippen LogP contribution in [-0.2, 0) is 0 Å². The first-order valence-electron chi connectivity index (χ1n) is 6.24. The number of hydrogen-bond donors (Lipinski definition) is 1. The molecule has 2 unspecified atom stereocenters. The summed E-state index contributed by atoms with van der Waals surface area (Å²) in [5.74, 6) is 0.561. The van der Waals surface area contributed by atoms with Gasteiger partial charge in [-0.25, -0.2) is 0 Å². The largest absolute Gasteiger partial charge is 0.479 e. The van der Waals surface area contributed by atoms with E-state index in [1.165, 1.54) is 6.92 Å². The highest BCUT2D eigenvalue weighted by Crippen LogP contribution is 2.23. The highest BCUT2D eigenvalue weighted by molar-refractivity contribution is 5.29. The predicted molar refractivity (Wildman–Crippen MR) is 69.2 cm³/mol. The summed E-state index contributed by atoms with van der Waals surface area (Å²) in [4.78, 5) is 0. The first kappa shape index (κ1) is 16.3. The molecule has 1 rings (SSSR count). The molecule has 3 nitrogen and oxygen atoms in total. The summed E-state index contributed by atoms with van der Waals surface area (Å²) in [5, 5.41) is 11.3. The summed E-state index contributed by atoms with van der Waals surface area (Å²) in [6.07, 6.45) is -5.03. The average molecular weight is 286 g/mol. The van der Waals surface area contributed by atoms with Crippen LogP contribution in [0, 0.1) is 11.3 Å². The fourth-order valence-electron chi connectivity index (χ4n) is 1.90. The molecule has 0 aliphatic rings. The molecular formula is C14H17F3N2O. The average Bonchev–Trinajstić information content (AvgIpc) is 2.34. The summed E-state index contributed by atoms with van der Waals surface area (Å²) < 4.78 is 41.8. The summed E-state index contributed by atoms with van der Waals surface area (Å²) in [7, 11) is 0. The van der Waals surface area contributed by atoms with Gasteiger partial charge in [0.25, 0.3) is 0 Å². The van der Waals surface area contributed by atoms with Gasteiger partial charge in [-0.1, -0.05) is 12.1 Å². The molecular weight excluding hydrogens is 269 g/mol. The van der Waals surface area contributed by atoms with Crippen LogP contribution >= 0.6 is 0 Å². The van der Waals surface area contributed by atoms with E-state index < -0.39 is 18.6 Å². The van der Waals surface area contributed by atoms with Crippen LogP contribution in [0.2, 0.25) is 0 Å². The number of benzene rings is 1. The van der Waals surface area contributed by atoms with E-state index in [9.17, 15) is 13.2 Å². The second kappa shape index (κ2) is 7.15. The standard InChI is InChI=1S/C14H17F3N2O/c1-10(9-14(15,16)17)19-11(2)12-3-5-13(6-4-12)20-8-7-18/h3-6,10-11,19H,8-9H2,1-2H3. The van der Waals surface area contributed by atoms with E-state index in [4.69, 9.17) is 10.00 Å². The van der Waals surface area contributed by atoms with Crippen molar-refractivity contribution in [2.45, 2.75) is 38.5 Å². The number of rotatable bonds is 6. The minimum atomic E-state index is -4.17. The Balaban J connectivity index is 2.55. The number of nitriles is 1. The molecule has 0 fully saturated rings. The van der Waals surface area contributed by atoms with E-state index in [0.717, 1.165) is 5.56 Å². The van der Waals surface area contributed by atoms with E-state index in [0.29, 0.717) is 5.75 Å². The maximum absolute atomic E-state index is 12.2. The zero-order valence-corrected chi connectivity index (χ0v) is 11.4. The molecule has 0 aromatic heterocycles. The molecule has 1 N–H and O–H groups in total. The third-order valence-electron chi connectivity index (χ3n) is 2.76. The molecule has 0 amide bonds. The van der Waals surface area contributed by atoms with E-state index in [1.54, 1.807) is 31.2 Å². The first-order valence-corrected chi connectivity index (χ1v) is 6.24. The van der Waals surface area contributed by atoms with E-state index in [-0.39, 0.29) is 12.6 Å². The molecule has 1 aromatic rings. The fourth-order valence-corrected chi connectivity index (χ4v) is 1.90. The highest BCUT2D eigenvalue weighted by atomic mass is 19.4. The summed E-state index contributed by atoms with van der Waals surface area (Å²) in [5.41, 5.74) is 0.864. The lowest BCUT2D eigenvalue weighted by Gasteiger charge is -2.21. The van der Waals surface area contributed by atoms with Crippen LogP contribution < -0.4 is 10.1 Å². The molecule has 0 spiro atoms. The van der Waals surface area contributed by atoms with E-state index in [1.807, 2.05) is 6.07 Å². The lowest BCUT2D eigenvalue weighted by Crippen LogP contribution is -2.33. The maximum Gasteiger partial charge on any atom is 0.390 e. The molecule has 0 aliphatic heterocycles. The zero-order valence-electron chi connectivity index (χ0n) is 11.4. The molecule has 110 valence electrons. The lowest BCUT2D eigenvalue weighted by molar-refractivity contribution is -0.139. The van der Waals surface area contributed by atoms with Crippen molar-refractivity contribution in [2.24, 2.45) is 0 Å². The second-order valence-corrected chi connectivity index (χ2v) is 4.62. The third-order valence-corrected chi connectivity index (χ3v) is 2.76. The Labute approximate surface area is 116 Å². The van der Waals surface area contributed by atoms with Gasteiger partial charge in [0.1, 0.15) is 11.8 Å². The smallest absolute Gasteiger partial charge is 0.390 e. The Morgan fingerprint density at radius 3 is 2.35 bits per heavy atom. The first-order chi connectivity index (χ1) is 9.31. The number of halogens is 3. The van der Waals surface area contributed by atoms with E-state index in [2.05, 4.69) is 5.32 Å². The van der Waals surface area contributed by atoms with Crippen LogP contribution in [0.15, 0.2) is 24.3 Å². The van der Waals surface area contributed by atoms with Crippen molar-refractivity contribution in [2.75, 3.05) is 6.61 Å².